The van der Waals surface area contributed by atoms with E-state index in [-0.39, 0.29) is 18.1 Å². The fraction of sp³-hybridized carbons (Fsp3) is 0.125. The highest BCUT2D eigenvalue weighted by Gasteiger charge is 2.15. The van der Waals surface area contributed by atoms with Gasteiger partial charge in [0, 0.05) is 5.56 Å². The molecule has 3 aromatic heterocycles. The third kappa shape index (κ3) is 3.92. The van der Waals surface area contributed by atoms with Crippen LogP contribution in [0, 0.1) is 13.8 Å². The molecule has 0 bridgehead atoms. The van der Waals surface area contributed by atoms with Crippen molar-refractivity contribution in [2.75, 3.05) is 5.32 Å². The Labute approximate surface area is 193 Å². The Bertz CT molecular complexity index is 1550. The highest BCUT2D eigenvalue weighted by atomic mass is 16.5. The number of para-hydroxylation sites is 2. The molecule has 0 aliphatic carbocycles. The van der Waals surface area contributed by atoms with Crippen LogP contribution in [0.3, 0.4) is 0 Å². The van der Waals surface area contributed by atoms with Crippen LogP contribution >= 0.6 is 0 Å². The number of H-pyrrole nitrogens is 1. The summed E-state index contributed by atoms with van der Waals surface area (Å²) in [5, 5.41) is 11.5. The number of anilines is 1. The number of benzene rings is 2. The number of hydrogen-bond donors (Lipinski definition) is 2. The van der Waals surface area contributed by atoms with Crippen LogP contribution < -0.4 is 15.6 Å². The summed E-state index contributed by atoms with van der Waals surface area (Å²) in [6.07, 6.45) is 2.76. The second-order valence-electron chi connectivity index (χ2n) is 7.62. The van der Waals surface area contributed by atoms with Crippen molar-refractivity contribution in [3.8, 4) is 11.4 Å². The van der Waals surface area contributed by atoms with Crippen molar-refractivity contribution in [3.63, 3.8) is 0 Å². The number of aryl methyl sites for hydroxylation is 2. The first-order valence-corrected chi connectivity index (χ1v) is 10.5. The Morgan fingerprint density at radius 1 is 1.18 bits per heavy atom. The van der Waals surface area contributed by atoms with E-state index in [0.29, 0.717) is 39.5 Å². The Hall–Kier alpha value is -4.73. The van der Waals surface area contributed by atoms with Crippen molar-refractivity contribution in [1.82, 2.24) is 24.9 Å². The Morgan fingerprint density at radius 2 is 2.03 bits per heavy atom. The second kappa shape index (κ2) is 8.66. The molecule has 0 unspecified atom stereocenters. The zero-order chi connectivity index (χ0) is 23.7. The molecule has 0 saturated carbocycles. The predicted octanol–water partition coefficient (Wildman–Crippen LogP) is 3.54. The molecule has 2 aromatic carbocycles. The Morgan fingerprint density at radius 3 is 2.85 bits per heavy atom. The van der Waals surface area contributed by atoms with Crippen LogP contribution in [0.15, 0.2) is 70.4 Å². The summed E-state index contributed by atoms with van der Waals surface area (Å²) in [4.78, 5) is 31.8. The topological polar surface area (TPSA) is 128 Å². The van der Waals surface area contributed by atoms with E-state index >= 15 is 0 Å². The van der Waals surface area contributed by atoms with Gasteiger partial charge in [-0.3, -0.25) is 9.59 Å². The Kier molecular flexibility index (Phi) is 5.38. The summed E-state index contributed by atoms with van der Waals surface area (Å²) in [6, 6.07) is 14.1. The van der Waals surface area contributed by atoms with Gasteiger partial charge < -0.3 is 19.6 Å². The summed E-state index contributed by atoms with van der Waals surface area (Å²) >= 11 is 0. The van der Waals surface area contributed by atoms with E-state index in [1.54, 1.807) is 42.5 Å². The van der Waals surface area contributed by atoms with Crippen LogP contribution in [0.25, 0.3) is 16.7 Å². The number of hydrogen-bond acceptors (Lipinski definition) is 7. The normalized spacial score (nSPS) is 11.0. The van der Waals surface area contributed by atoms with E-state index in [1.165, 1.54) is 17.2 Å². The largest absolute Gasteiger partial charge is 0.489 e. The van der Waals surface area contributed by atoms with Gasteiger partial charge in [0.15, 0.2) is 5.65 Å². The molecule has 0 radical (unpaired) electrons. The predicted molar refractivity (Wildman–Crippen MR) is 124 cm³/mol. The summed E-state index contributed by atoms with van der Waals surface area (Å²) < 4.78 is 12.5. The van der Waals surface area contributed by atoms with Gasteiger partial charge >= 0.3 is 0 Å². The van der Waals surface area contributed by atoms with E-state index in [2.05, 4.69) is 25.5 Å². The number of carbonyl (C=O) groups is 1. The molecule has 0 spiro atoms. The molecule has 0 aliphatic rings. The second-order valence-corrected chi connectivity index (χ2v) is 7.62. The maximum Gasteiger partial charge on any atom is 0.261 e. The van der Waals surface area contributed by atoms with E-state index in [9.17, 15) is 9.59 Å². The molecule has 0 saturated heterocycles. The lowest BCUT2D eigenvalue weighted by atomic mass is 10.2. The van der Waals surface area contributed by atoms with Gasteiger partial charge in [-0.2, -0.15) is 5.10 Å². The number of amides is 1. The van der Waals surface area contributed by atoms with Gasteiger partial charge in [-0.05, 0) is 44.2 Å². The first-order valence-electron chi connectivity index (χ1n) is 10.5. The summed E-state index contributed by atoms with van der Waals surface area (Å²) in [5.74, 6) is 0.922. The molecule has 2 N–H and O–H groups in total. The molecule has 170 valence electrons. The van der Waals surface area contributed by atoms with Gasteiger partial charge in [0.05, 0.1) is 35.2 Å². The van der Waals surface area contributed by atoms with Crippen LogP contribution in [-0.4, -0.2) is 30.8 Å². The lowest BCUT2D eigenvalue weighted by Gasteiger charge is -2.12. The molecule has 34 heavy (non-hydrogen) atoms. The minimum atomic E-state index is -0.322. The van der Waals surface area contributed by atoms with E-state index in [0.717, 1.165) is 11.3 Å². The van der Waals surface area contributed by atoms with Gasteiger partial charge in [-0.25, -0.2) is 9.67 Å². The first kappa shape index (κ1) is 21.1. The average molecular weight is 456 g/mol. The van der Waals surface area contributed by atoms with Crippen molar-refractivity contribution in [2.24, 2.45) is 0 Å². The monoisotopic (exact) mass is 456 g/mol. The van der Waals surface area contributed by atoms with Crippen molar-refractivity contribution >= 4 is 22.6 Å². The number of aromatic nitrogens is 5. The van der Waals surface area contributed by atoms with Crippen LogP contribution in [0.2, 0.25) is 0 Å². The SMILES string of the molecule is Cc1noc(C)c1COc1cccc(C(=O)Nc2ccccc2-n2ncc3c(=O)[nH]cnc32)c1. The van der Waals surface area contributed by atoms with E-state index in [1.807, 2.05) is 19.9 Å². The smallest absolute Gasteiger partial charge is 0.261 e. The molecule has 10 heteroatoms. The van der Waals surface area contributed by atoms with Gasteiger partial charge in [-0.1, -0.05) is 23.4 Å². The molecule has 0 atom stereocenters. The van der Waals surface area contributed by atoms with E-state index in [4.69, 9.17) is 9.26 Å². The molecule has 5 aromatic rings. The molecular formula is C24H20N6O4. The third-order valence-electron chi connectivity index (χ3n) is 5.41. The number of ether oxygens (including phenoxy) is 1. The number of fused-ring (bicyclic) bond motifs is 1. The summed E-state index contributed by atoms with van der Waals surface area (Å²) in [5.41, 5.74) is 3.27. The molecule has 5 rings (SSSR count). The van der Waals surface area contributed by atoms with Gasteiger partial charge in [0.2, 0.25) is 0 Å². The standard InChI is InChI=1S/C24H20N6O4/c1-14-19(15(2)34-29-14)12-33-17-7-5-6-16(10-17)23(31)28-20-8-3-4-9-21(20)30-22-18(11-27-30)24(32)26-13-25-22/h3-11,13H,12H2,1-2H3,(H,28,31)(H,25,26,32). The zero-order valence-corrected chi connectivity index (χ0v) is 18.4. The maximum absolute atomic E-state index is 13.1. The van der Waals surface area contributed by atoms with Gasteiger partial charge in [-0.15, -0.1) is 0 Å². The Balaban J connectivity index is 1.39. The number of nitrogens with one attached hydrogen (secondary N) is 2. The fourth-order valence-electron chi connectivity index (χ4n) is 3.58. The third-order valence-corrected chi connectivity index (χ3v) is 5.41. The molecule has 1 amide bonds. The number of aromatic amines is 1. The van der Waals surface area contributed by atoms with E-state index < -0.39 is 0 Å². The molecule has 0 aliphatic heterocycles. The fourth-order valence-corrected chi connectivity index (χ4v) is 3.58. The molecular weight excluding hydrogens is 436 g/mol. The molecule has 10 nitrogen and oxygen atoms in total. The van der Waals surface area contributed by atoms with Crippen LogP contribution in [0.4, 0.5) is 5.69 Å². The molecule has 0 fully saturated rings. The number of rotatable bonds is 6. The molecule has 3 heterocycles. The lowest BCUT2D eigenvalue weighted by molar-refractivity contribution is 0.102. The van der Waals surface area contributed by atoms with Gasteiger partial charge in [0.25, 0.3) is 11.5 Å². The highest BCUT2D eigenvalue weighted by molar-refractivity contribution is 6.05. The van der Waals surface area contributed by atoms with Crippen LogP contribution in [0.5, 0.6) is 5.75 Å². The average Bonchev–Trinajstić information content (AvgIpc) is 3.42. The maximum atomic E-state index is 13.1. The minimum Gasteiger partial charge on any atom is -0.489 e. The summed E-state index contributed by atoms with van der Waals surface area (Å²) in [7, 11) is 0. The quantitative estimate of drug-likeness (QED) is 0.400. The minimum absolute atomic E-state index is 0.285. The van der Waals surface area contributed by atoms with Crippen molar-refractivity contribution in [1.29, 1.82) is 0 Å². The van der Waals surface area contributed by atoms with Crippen molar-refractivity contribution in [2.45, 2.75) is 20.5 Å². The van der Waals surface area contributed by atoms with Crippen LogP contribution in [-0.2, 0) is 6.61 Å². The zero-order valence-electron chi connectivity index (χ0n) is 18.4. The van der Waals surface area contributed by atoms with Gasteiger partial charge in [0.1, 0.15) is 23.5 Å². The number of carbonyl (C=O) groups excluding carboxylic acids is 1. The first-order chi connectivity index (χ1) is 16.5. The highest BCUT2D eigenvalue weighted by Crippen LogP contribution is 2.24. The van der Waals surface area contributed by atoms with Crippen molar-refractivity contribution < 1.29 is 14.1 Å². The van der Waals surface area contributed by atoms with Crippen LogP contribution in [0.1, 0.15) is 27.4 Å². The van der Waals surface area contributed by atoms with Crippen molar-refractivity contribution in [3.05, 3.63) is 94.0 Å². The number of nitrogens with zero attached hydrogens (tertiary/aromatic N) is 4. The summed E-state index contributed by atoms with van der Waals surface area (Å²) in [6.45, 7) is 3.97. The lowest BCUT2D eigenvalue weighted by Crippen LogP contribution is -2.14.